The highest BCUT2D eigenvalue weighted by Gasteiger charge is 2.17. The maximum absolute atomic E-state index is 12.5. The number of hydrogen-bond acceptors (Lipinski definition) is 4. The molecule has 5 nitrogen and oxygen atoms in total. The van der Waals surface area contributed by atoms with Crippen LogP contribution in [0.25, 0.3) is 17.1 Å². The second-order valence-electron chi connectivity index (χ2n) is 6.78. The molecule has 4 aromatic rings. The summed E-state index contributed by atoms with van der Waals surface area (Å²) in [6.45, 7) is 1.98. The number of carbonyl (C=O) groups excluding carboxylic acids is 1. The van der Waals surface area contributed by atoms with Gasteiger partial charge in [-0.3, -0.25) is 9.36 Å². The van der Waals surface area contributed by atoms with E-state index in [1.54, 1.807) is 0 Å². The molecule has 0 atom stereocenters. The van der Waals surface area contributed by atoms with Crippen LogP contribution in [0.4, 0.5) is 5.69 Å². The Labute approximate surface area is 198 Å². The van der Waals surface area contributed by atoms with Gasteiger partial charge in [-0.2, -0.15) is 0 Å². The van der Waals surface area contributed by atoms with E-state index in [0.717, 1.165) is 27.0 Å². The Morgan fingerprint density at radius 1 is 1.06 bits per heavy atom. The molecule has 0 aliphatic rings. The van der Waals surface area contributed by atoms with Crippen molar-refractivity contribution in [3.8, 4) is 17.1 Å². The minimum atomic E-state index is -0.109. The first kappa shape index (κ1) is 21.6. The van der Waals surface area contributed by atoms with E-state index >= 15 is 0 Å². The average molecular weight is 514 g/mol. The molecule has 0 aliphatic carbocycles. The molecule has 31 heavy (non-hydrogen) atoms. The SMILES string of the molecule is Cc1cc(NC(=O)CSc2nnc(-c3ccc(Cl)cc3)n2-c2ccccc2)ccc1Br. The van der Waals surface area contributed by atoms with Crippen molar-refractivity contribution in [1.29, 1.82) is 0 Å². The van der Waals surface area contributed by atoms with Gasteiger partial charge in [0.05, 0.1) is 5.75 Å². The summed E-state index contributed by atoms with van der Waals surface area (Å²) in [6.07, 6.45) is 0. The van der Waals surface area contributed by atoms with E-state index in [-0.39, 0.29) is 11.7 Å². The molecule has 1 aromatic heterocycles. The van der Waals surface area contributed by atoms with Gasteiger partial charge in [0.15, 0.2) is 11.0 Å². The second kappa shape index (κ2) is 9.68. The van der Waals surface area contributed by atoms with E-state index in [9.17, 15) is 4.79 Å². The zero-order valence-electron chi connectivity index (χ0n) is 16.5. The number of aromatic nitrogens is 3. The maximum atomic E-state index is 12.5. The van der Waals surface area contributed by atoms with Crippen LogP contribution in [-0.2, 0) is 4.79 Å². The molecule has 8 heteroatoms. The third-order valence-electron chi connectivity index (χ3n) is 4.52. The van der Waals surface area contributed by atoms with E-state index in [4.69, 9.17) is 11.6 Å². The van der Waals surface area contributed by atoms with Gasteiger partial charge in [0, 0.05) is 26.4 Å². The van der Waals surface area contributed by atoms with Crippen LogP contribution in [0.15, 0.2) is 82.4 Å². The minimum absolute atomic E-state index is 0.109. The third-order valence-corrected chi connectivity index (χ3v) is 6.59. The largest absolute Gasteiger partial charge is 0.325 e. The van der Waals surface area contributed by atoms with Crippen LogP contribution in [-0.4, -0.2) is 26.4 Å². The summed E-state index contributed by atoms with van der Waals surface area (Å²) in [5.41, 5.74) is 3.63. The van der Waals surface area contributed by atoms with Gasteiger partial charge in [0.25, 0.3) is 0 Å². The first-order valence-electron chi connectivity index (χ1n) is 9.47. The van der Waals surface area contributed by atoms with Crippen LogP contribution in [0, 0.1) is 6.92 Å². The molecule has 0 unspecified atom stereocenters. The van der Waals surface area contributed by atoms with Gasteiger partial charge >= 0.3 is 0 Å². The number of thioether (sulfide) groups is 1. The van der Waals surface area contributed by atoms with Crippen molar-refractivity contribution in [2.24, 2.45) is 0 Å². The topological polar surface area (TPSA) is 59.8 Å². The average Bonchev–Trinajstić information content (AvgIpc) is 3.20. The highest BCUT2D eigenvalue weighted by atomic mass is 79.9. The summed E-state index contributed by atoms with van der Waals surface area (Å²) in [4.78, 5) is 12.5. The van der Waals surface area contributed by atoms with E-state index in [1.807, 2.05) is 84.3 Å². The van der Waals surface area contributed by atoms with Gasteiger partial charge in [-0.1, -0.05) is 57.5 Å². The van der Waals surface area contributed by atoms with Gasteiger partial charge in [-0.05, 0) is 67.1 Å². The van der Waals surface area contributed by atoms with Crippen LogP contribution in [0.2, 0.25) is 5.02 Å². The van der Waals surface area contributed by atoms with Crippen LogP contribution >= 0.6 is 39.3 Å². The fourth-order valence-corrected chi connectivity index (χ4v) is 4.13. The Morgan fingerprint density at radius 3 is 2.52 bits per heavy atom. The summed E-state index contributed by atoms with van der Waals surface area (Å²) in [6, 6.07) is 23.0. The molecule has 1 heterocycles. The lowest BCUT2D eigenvalue weighted by Crippen LogP contribution is -2.14. The Morgan fingerprint density at radius 2 is 1.81 bits per heavy atom. The molecular weight excluding hydrogens is 496 g/mol. The summed E-state index contributed by atoms with van der Waals surface area (Å²) in [7, 11) is 0. The molecule has 156 valence electrons. The Bertz CT molecular complexity index is 1210. The van der Waals surface area contributed by atoms with Crippen LogP contribution in [0.1, 0.15) is 5.56 Å². The van der Waals surface area contributed by atoms with E-state index < -0.39 is 0 Å². The van der Waals surface area contributed by atoms with Gasteiger partial charge in [0.2, 0.25) is 5.91 Å². The van der Waals surface area contributed by atoms with Crippen molar-refractivity contribution in [1.82, 2.24) is 14.8 Å². The third kappa shape index (κ3) is 5.18. The molecule has 0 saturated carbocycles. The molecule has 0 saturated heterocycles. The van der Waals surface area contributed by atoms with Crippen LogP contribution in [0.3, 0.4) is 0 Å². The Balaban J connectivity index is 1.57. The standard InChI is InChI=1S/C23H18BrClN4OS/c1-15-13-18(11-12-20(15)24)26-21(30)14-31-23-28-27-22(16-7-9-17(25)10-8-16)29(23)19-5-3-2-4-6-19/h2-13H,14H2,1H3,(H,26,30). The predicted molar refractivity (Wildman–Crippen MR) is 130 cm³/mol. The molecule has 4 rings (SSSR count). The predicted octanol–water partition coefficient (Wildman–Crippen LogP) is 6.39. The summed E-state index contributed by atoms with van der Waals surface area (Å²) < 4.78 is 2.95. The van der Waals surface area contributed by atoms with Crippen molar-refractivity contribution in [3.05, 3.63) is 87.9 Å². The Kier molecular flexibility index (Phi) is 6.75. The number of hydrogen-bond donors (Lipinski definition) is 1. The van der Waals surface area contributed by atoms with Crippen LogP contribution < -0.4 is 5.32 Å². The number of nitrogens with one attached hydrogen (secondary N) is 1. The van der Waals surface area contributed by atoms with Crippen molar-refractivity contribution < 1.29 is 4.79 Å². The van der Waals surface area contributed by atoms with Gasteiger partial charge in [0.1, 0.15) is 0 Å². The first-order chi connectivity index (χ1) is 15.0. The maximum Gasteiger partial charge on any atom is 0.234 e. The number of anilines is 1. The number of amides is 1. The highest BCUT2D eigenvalue weighted by Crippen LogP contribution is 2.29. The number of carbonyl (C=O) groups is 1. The van der Waals surface area contributed by atoms with Gasteiger partial charge in [-0.15, -0.1) is 10.2 Å². The molecule has 1 amide bonds. The molecule has 0 spiro atoms. The van der Waals surface area contributed by atoms with Gasteiger partial charge in [-0.25, -0.2) is 0 Å². The molecule has 1 N–H and O–H groups in total. The fourth-order valence-electron chi connectivity index (χ4n) is 3.01. The zero-order chi connectivity index (χ0) is 21.8. The number of rotatable bonds is 6. The zero-order valence-corrected chi connectivity index (χ0v) is 19.7. The monoisotopic (exact) mass is 512 g/mol. The van der Waals surface area contributed by atoms with Gasteiger partial charge < -0.3 is 5.32 Å². The number of aryl methyl sites for hydroxylation is 1. The van der Waals surface area contributed by atoms with E-state index in [0.29, 0.717) is 16.0 Å². The summed E-state index contributed by atoms with van der Waals surface area (Å²) in [5, 5.41) is 13.0. The number of nitrogens with zero attached hydrogens (tertiary/aromatic N) is 3. The molecule has 0 fully saturated rings. The van der Waals surface area contributed by atoms with Crippen LogP contribution in [0.5, 0.6) is 0 Å². The second-order valence-corrected chi connectivity index (χ2v) is 9.02. The summed E-state index contributed by atoms with van der Waals surface area (Å²) >= 11 is 10.8. The molecule has 0 bridgehead atoms. The smallest absolute Gasteiger partial charge is 0.234 e. The highest BCUT2D eigenvalue weighted by molar-refractivity contribution is 9.10. The fraction of sp³-hybridized carbons (Fsp3) is 0.0870. The van der Waals surface area contributed by atoms with Crippen molar-refractivity contribution in [2.75, 3.05) is 11.1 Å². The van der Waals surface area contributed by atoms with E-state index in [1.165, 1.54) is 11.8 Å². The lowest BCUT2D eigenvalue weighted by atomic mass is 10.2. The molecule has 0 radical (unpaired) electrons. The molecular formula is C23H18BrClN4OS. The van der Waals surface area contributed by atoms with Crippen molar-refractivity contribution >= 4 is 50.9 Å². The molecule has 3 aromatic carbocycles. The lowest BCUT2D eigenvalue weighted by molar-refractivity contribution is -0.113. The van der Waals surface area contributed by atoms with E-state index in [2.05, 4.69) is 31.4 Å². The number of halogens is 2. The lowest BCUT2D eigenvalue weighted by Gasteiger charge is -2.11. The van der Waals surface area contributed by atoms with Crippen molar-refractivity contribution in [2.45, 2.75) is 12.1 Å². The molecule has 0 aliphatic heterocycles. The minimum Gasteiger partial charge on any atom is -0.325 e. The number of benzene rings is 3. The van der Waals surface area contributed by atoms with Crippen molar-refractivity contribution in [3.63, 3.8) is 0 Å². The number of para-hydroxylation sites is 1. The Hall–Kier alpha value is -2.61. The summed E-state index contributed by atoms with van der Waals surface area (Å²) in [5.74, 6) is 0.789. The first-order valence-corrected chi connectivity index (χ1v) is 11.6. The quantitative estimate of drug-likeness (QED) is 0.304. The normalized spacial score (nSPS) is 10.8.